The van der Waals surface area contributed by atoms with Crippen molar-refractivity contribution in [2.45, 2.75) is 113 Å². The number of nitrogens with one attached hydrogen (secondary N) is 1. The molecular formula is C24H40N2O3S2. The summed E-state index contributed by atoms with van der Waals surface area (Å²) in [6.45, 7) is 2.27. The van der Waals surface area contributed by atoms with Crippen LogP contribution >= 0.6 is 11.8 Å². The Morgan fingerprint density at radius 1 is 0.839 bits per heavy atom. The normalized spacial score (nSPS) is 12.1. The predicted molar refractivity (Wildman–Crippen MR) is 132 cm³/mol. The zero-order chi connectivity index (χ0) is 22.4. The van der Waals surface area contributed by atoms with E-state index < -0.39 is 10.1 Å². The first-order chi connectivity index (χ1) is 15.0. The summed E-state index contributed by atoms with van der Waals surface area (Å²) < 4.78 is 31.6. The lowest BCUT2D eigenvalue weighted by atomic mass is 10.0. The lowest BCUT2D eigenvalue weighted by molar-refractivity contribution is 0.483. The Labute approximate surface area is 192 Å². The smallest absolute Gasteiger partial charge is 0.294 e. The van der Waals surface area contributed by atoms with Crippen molar-refractivity contribution in [3.63, 3.8) is 0 Å². The van der Waals surface area contributed by atoms with Gasteiger partial charge in [0.05, 0.1) is 15.9 Å². The van der Waals surface area contributed by atoms with Crippen LogP contribution < -0.4 is 0 Å². The molecule has 0 fully saturated rings. The quantitative estimate of drug-likeness (QED) is 0.133. The molecule has 31 heavy (non-hydrogen) atoms. The van der Waals surface area contributed by atoms with Crippen LogP contribution in [0.1, 0.15) is 103 Å². The highest BCUT2D eigenvalue weighted by molar-refractivity contribution is 7.99. The number of rotatable bonds is 18. The molecule has 0 bridgehead atoms. The van der Waals surface area contributed by atoms with Crippen molar-refractivity contribution in [1.82, 2.24) is 9.97 Å². The van der Waals surface area contributed by atoms with Crippen LogP contribution in [0.4, 0.5) is 0 Å². The number of hydrogen-bond donors (Lipinski definition) is 2. The minimum atomic E-state index is -4.18. The molecule has 176 valence electrons. The summed E-state index contributed by atoms with van der Waals surface area (Å²) in [6, 6.07) is 4.42. The van der Waals surface area contributed by atoms with Gasteiger partial charge in [0, 0.05) is 5.75 Å². The molecule has 0 spiro atoms. The van der Waals surface area contributed by atoms with E-state index in [2.05, 4.69) is 16.9 Å². The van der Waals surface area contributed by atoms with Crippen LogP contribution in [-0.2, 0) is 10.1 Å². The second-order valence-electron chi connectivity index (χ2n) is 8.49. The van der Waals surface area contributed by atoms with Crippen molar-refractivity contribution in [2.24, 2.45) is 0 Å². The van der Waals surface area contributed by atoms with E-state index in [4.69, 9.17) is 4.55 Å². The van der Waals surface area contributed by atoms with Crippen LogP contribution in [0.3, 0.4) is 0 Å². The van der Waals surface area contributed by atoms with Crippen LogP contribution in [0.25, 0.3) is 11.0 Å². The fourth-order valence-electron chi connectivity index (χ4n) is 3.84. The fourth-order valence-corrected chi connectivity index (χ4v) is 5.23. The summed E-state index contributed by atoms with van der Waals surface area (Å²) in [5.41, 5.74) is 1.35. The molecule has 1 aromatic carbocycles. The Hall–Kier alpha value is -1.05. The van der Waals surface area contributed by atoms with E-state index in [0.717, 1.165) is 17.3 Å². The summed E-state index contributed by atoms with van der Waals surface area (Å²) in [5, 5.41) is 0.799. The van der Waals surface area contributed by atoms with Gasteiger partial charge in [-0.25, -0.2) is 4.98 Å². The summed E-state index contributed by atoms with van der Waals surface area (Å²) in [5.74, 6) is 1.00. The molecule has 2 N–H and O–H groups in total. The number of aromatic amines is 1. The number of hydrogen-bond acceptors (Lipinski definition) is 4. The van der Waals surface area contributed by atoms with Crippen molar-refractivity contribution in [2.75, 3.05) is 5.75 Å². The van der Waals surface area contributed by atoms with Crippen molar-refractivity contribution in [3.8, 4) is 0 Å². The molecule has 0 saturated heterocycles. The van der Waals surface area contributed by atoms with Crippen LogP contribution in [0.2, 0.25) is 0 Å². The predicted octanol–water partition coefficient (Wildman–Crippen LogP) is 7.77. The summed E-state index contributed by atoms with van der Waals surface area (Å²) in [7, 11) is -4.18. The number of aromatic nitrogens is 2. The Balaban J connectivity index is 1.44. The zero-order valence-corrected chi connectivity index (χ0v) is 20.7. The Kier molecular flexibility index (Phi) is 12.6. The van der Waals surface area contributed by atoms with E-state index in [0.29, 0.717) is 11.0 Å². The van der Waals surface area contributed by atoms with Crippen LogP contribution in [0.15, 0.2) is 28.3 Å². The van der Waals surface area contributed by atoms with Gasteiger partial charge in [0.2, 0.25) is 0 Å². The average molecular weight is 469 g/mol. The number of benzene rings is 1. The molecule has 0 saturated carbocycles. The lowest BCUT2D eigenvalue weighted by Crippen LogP contribution is -1.97. The molecule has 2 rings (SSSR count). The molecule has 0 unspecified atom stereocenters. The summed E-state index contributed by atoms with van der Waals surface area (Å²) >= 11 is 1.67. The first kappa shape index (κ1) is 26.2. The van der Waals surface area contributed by atoms with E-state index in [-0.39, 0.29) is 4.90 Å². The van der Waals surface area contributed by atoms with Gasteiger partial charge in [0.15, 0.2) is 5.16 Å². The Bertz CT molecular complexity index is 850. The first-order valence-electron chi connectivity index (χ1n) is 12.1. The molecule has 1 aromatic heterocycles. The first-order valence-corrected chi connectivity index (χ1v) is 14.5. The van der Waals surface area contributed by atoms with Gasteiger partial charge in [0.1, 0.15) is 0 Å². The fraction of sp³-hybridized carbons (Fsp3) is 0.708. The molecule has 0 radical (unpaired) electrons. The SMILES string of the molecule is CCCCCCCCCCCCCCCCCSc1nc2ccc(S(=O)(=O)O)cc2[nH]1. The second kappa shape index (κ2) is 14.9. The third-order valence-electron chi connectivity index (χ3n) is 5.72. The minimum Gasteiger partial charge on any atom is -0.333 e. The third-order valence-corrected chi connectivity index (χ3v) is 7.53. The molecule has 0 aliphatic heterocycles. The monoisotopic (exact) mass is 468 g/mol. The topological polar surface area (TPSA) is 83.1 Å². The average Bonchev–Trinajstić information content (AvgIpc) is 3.15. The number of thioether (sulfide) groups is 1. The second-order valence-corrected chi connectivity index (χ2v) is 11.0. The molecule has 7 heteroatoms. The highest BCUT2D eigenvalue weighted by atomic mass is 32.2. The zero-order valence-electron chi connectivity index (χ0n) is 19.1. The number of fused-ring (bicyclic) bond motifs is 1. The molecule has 1 heterocycles. The van der Waals surface area contributed by atoms with Crippen LogP contribution in [0, 0.1) is 0 Å². The Morgan fingerprint density at radius 2 is 1.35 bits per heavy atom. The standard InChI is InChI=1S/C24H40N2O3S2/c1-2-3-4-5-6-7-8-9-10-11-12-13-14-15-16-19-30-24-25-22-18-17-21(31(27,28)29)20-23(22)26-24/h17-18,20H,2-16,19H2,1H3,(H,25,26)(H,27,28,29). The van der Waals surface area contributed by atoms with E-state index in [1.165, 1.54) is 102 Å². The third kappa shape index (κ3) is 10.9. The highest BCUT2D eigenvalue weighted by Crippen LogP contribution is 2.23. The van der Waals surface area contributed by atoms with Crippen molar-refractivity contribution >= 4 is 32.9 Å². The van der Waals surface area contributed by atoms with Gasteiger partial charge >= 0.3 is 0 Å². The lowest BCUT2D eigenvalue weighted by Gasteiger charge is -2.03. The summed E-state index contributed by atoms with van der Waals surface area (Å²) in [6.07, 6.45) is 20.5. The maximum absolute atomic E-state index is 11.2. The van der Waals surface area contributed by atoms with Crippen molar-refractivity contribution < 1.29 is 13.0 Å². The number of imidazole rings is 1. The van der Waals surface area contributed by atoms with Gasteiger partial charge in [-0.05, 0) is 24.6 Å². The number of unbranched alkanes of at least 4 members (excludes halogenated alkanes) is 14. The van der Waals surface area contributed by atoms with Gasteiger partial charge in [0.25, 0.3) is 10.1 Å². The van der Waals surface area contributed by atoms with E-state index in [1.807, 2.05) is 0 Å². The van der Waals surface area contributed by atoms with Gasteiger partial charge in [-0.1, -0.05) is 109 Å². The maximum Gasteiger partial charge on any atom is 0.294 e. The Morgan fingerprint density at radius 3 is 1.87 bits per heavy atom. The molecule has 0 aliphatic rings. The summed E-state index contributed by atoms with van der Waals surface area (Å²) in [4.78, 5) is 7.50. The highest BCUT2D eigenvalue weighted by Gasteiger charge is 2.12. The molecule has 0 amide bonds. The molecule has 0 aliphatic carbocycles. The van der Waals surface area contributed by atoms with E-state index >= 15 is 0 Å². The van der Waals surface area contributed by atoms with E-state index in [1.54, 1.807) is 17.8 Å². The molecular weight excluding hydrogens is 428 g/mol. The van der Waals surface area contributed by atoms with E-state index in [9.17, 15) is 8.42 Å². The molecule has 5 nitrogen and oxygen atoms in total. The minimum absolute atomic E-state index is 0.109. The van der Waals surface area contributed by atoms with Crippen molar-refractivity contribution in [3.05, 3.63) is 18.2 Å². The molecule has 0 atom stereocenters. The van der Waals surface area contributed by atoms with Crippen LogP contribution in [0.5, 0.6) is 0 Å². The maximum atomic E-state index is 11.2. The van der Waals surface area contributed by atoms with Crippen molar-refractivity contribution in [1.29, 1.82) is 0 Å². The van der Waals surface area contributed by atoms with Crippen LogP contribution in [-0.4, -0.2) is 28.7 Å². The van der Waals surface area contributed by atoms with Gasteiger partial charge in [-0.3, -0.25) is 4.55 Å². The molecule has 2 aromatic rings. The number of H-pyrrole nitrogens is 1. The van der Waals surface area contributed by atoms with Gasteiger partial charge < -0.3 is 4.98 Å². The number of nitrogens with zero attached hydrogens (tertiary/aromatic N) is 1. The van der Waals surface area contributed by atoms with Gasteiger partial charge in [-0.15, -0.1) is 0 Å². The largest absolute Gasteiger partial charge is 0.333 e. The van der Waals surface area contributed by atoms with Gasteiger partial charge in [-0.2, -0.15) is 8.42 Å².